The number of piperazine rings is 1. The summed E-state index contributed by atoms with van der Waals surface area (Å²) in [6, 6.07) is 4.19. The van der Waals surface area contributed by atoms with Crippen molar-refractivity contribution < 1.29 is 18.8 Å². The fourth-order valence-electron chi connectivity index (χ4n) is 2.54. The van der Waals surface area contributed by atoms with Gasteiger partial charge in [-0.1, -0.05) is 6.92 Å². The molecule has 6 nitrogen and oxygen atoms in total. The molecule has 0 aliphatic carbocycles. The summed E-state index contributed by atoms with van der Waals surface area (Å²) in [5.74, 6) is -1.30. The average Bonchev–Trinajstić information content (AvgIpc) is 2.55. The van der Waals surface area contributed by atoms with Crippen molar-refractivity contribution in [1.82, 2.24) is 14.7 Å². The van der Waals surface area contributed by atoms with Gasteiger partial charge in [0.05, 0.1) is 13.1 Å². The molecule has 3 amide bonds. The van der Waals surface area contributed by atoms with Gasteiger partial charge in [-0.2, -0.15) is 0 Å². The lowest BCUT2D eigenvalue weighted by molar-refractivity contribution is -0.144. The molecule has 1 aromatic rings. The van der Waals surface area contributed by atoms with E-state index in [9.17, 15) is 18.8 Å². The minimum Gasteiger partial charge on any atom is -0.342 e. The Morgan fingerprint density at radius 3 is 2.58 bits per heavy atom. The maximum absolute atomic E-state index is 13.6. The van der Waals surface area contributed by atoms with Crippen LogP contribution in [0.3, 0.4) is 0 Å². The summed E-state index contributed by atoms with van der Waals surface area (Å²) in [6.45, 7) is 2.68. The highest BCUT2D eigenvalue weighted by Crippen LogP contribution is 2.12. The highest BCUT2D eigenvalue weighted by atomic mass is 19.1. The van der Waals surface area contributed by atoms with Crippen molar-refractivity contribution in [3.05, 3.63) is 35.1 Å². The summed E-state index contributed by atoms with van der Waals surface area (Å²) < 4.78 is 13.6. The second-order valence-corrected chi connectivity index (χ2v) is 5.99. The molecule has 0 N–H and O–H groups in total. The molecule has 0 aromatic heterocycles. The van der Waals surface area contributed by atoms with E-state index in [2.05, 4.69) is 0 Å². The van der Waals surface area contributed by atoms with Crippen molar-refractivity contribution in [3.8, 4) is 0 Å². The number of likely N-dealkylation sites (N-methyl/N-ethyl adjacent to an activating group) is 2. The maximum Gasteiger partial charge on any atom is 0.254 e. The Morgan fingerprint density at radius 2 is 1.96 bits per heavy atom. The number of aryl methyl sites for hydroxylation is 1. The number of benzene rings is 1. The number of rotatable bonds is 4. The first-order valence-corrected chi connectivity index (χ1v) is 7.88. The molecule has 7 heteroatoms. The van der Waals surface area contributed by atoms with Gasteiger partial charge in [0, 0.05) is 32.7 Å². The quantitative estimate of drug-likeness (QED) is 0.816. The topological polar surface area (TPSA) is 60.9 Å². The van der Waals surface area contributed by atoms with Crippen molar-refractivity contribution in [2.24, 2.45) is 0 Å². The van der Waals surface area contributed by atoms with Gasteiger partial charge in [-0.25, -0.2) is 4.39 Å². The summed E-state index contributed by atoms with van der Waals surface area (Å²) >= 11 is 0. The van der Waals surface area contributed by atoms with E-state index in [1.54, 1.807) is 18.0 Å². The first-order chi connectivity index (χ1) is 11.3. The molecule has 1 fully saturated rings. The summed E-state index contributed by atoms with van der Waals surface area (Å²) in [5.41, 5.74) is 0.944. The molecule has 1 aromatic carbocycles. The molecular formula is C17H22FN3O3. The normalized spacial score (nSPS) is 14.8. The lowest BCUT2D eigenvalue weighted by atomic mass is 10.1. The number of amides is 3. The van der Waals surface area contributed by atoms with Crippen LogP contribution in [0, 0.1) is 5.82 Å². The van der Waals surface area contributed by atoms with Crippen molar-refractivity contribution in [2.45, 2.75) is 13.3 Å². The molecule has 1 aliphatic heterocycles. The molecule has 0 unspecified atom stereocenters. The molecule has 0 spiro atoms. The fraction of sp³-hybridized carbons (Fsp3) is 0.471. The van der Waals surface area contributed by atoms with E-state index in [-0.39, 0.29) is 30.5 Å². The molecule has 1 aliphatic rings. The zero-order chi connectivity index (χ0) is 17.9. The second-order valence-electron chi connectivity index (χ2n) is 5.99. The van der Waals surface area contributed by atoms with Crippen molar-refractivity contribution in [1.29, 1.82) is 0 Å². The van der Waals surface area contributed by atoms with Crippen molar-refractivity contribution in [2.75, 3.05) is 40.3 Å². The lowest BCUT2D eigenvalue weighted by Crippen LogP contribution is -2.53. The highest BCUT2D eigenvalue weighted by Gasteiger charge is 2.26. The SMILES string of the molecule is CCc1cc(F)cc(C(=O)N(C)CC(=O)N2CCN(C)C(=O)C2)c1. The van der Waals surface area contributed by atoms with Gasteiger partial charge in [-0.15, -0.1) is 0 Å². The van der Waals surface area contributed by atoms with Crippen molar-refractivity contribution in [3.63, 3.8) is 0 Å². The third-order valence-electron chi connectivity index (χ3n) is 4.14. The van der Waals surface area contributed by atoms with Crippen molar-refractivity contribution >= 4 is 17.7 Å². The van der Waals surface area contributed by atoms with E-state index in [1.165, 1.54) is 29.0 Å². The van der Waals surface area contributed by atoms with Crippen LogP contribution in [0.4, 0.5) is 4.39 Å². The van der Waals surface area contributed by atoms with E-state index in [0.717, 1.165) is 5.56 Å². The van der Waals surface area contributed by atoms with E-state index >= 15 is 0 Å². The molecule has 1 heterocycles. The molecular weight excluding hydrogens is 313 g/mol. The largest absolute Gasteiger partial charge is 0.342 e. The van der Waals surface area contributed by atoms with Gasteiger partial charge in [-0.05, 0) is 30.2 Å². The molecule has 0 bridgehead atoms. The fourth-order valence-corrected chi connectivity index (χ4v) is 2.54. The Kier molecular flexibility index (Phi) is 5.54. The number of hydrogen-bond donors (Lipinski definition) is 0. The Bertz CT molecular complexity index is 662. The zero-order valence-corrected chi connectivity index (χ0v) is 14.2. The van der Waals surface area contributed by atoms with E-state index in [4.69, 9.17) is 0 Å². The molecule has 24 heavy (non-hydrogen) atoms. The van der Waals surface area contributed by atoms with E-state index in [0.29, 0.717) is 19.5 Å². The molecule has 1 saturated heterocycles. The summed E-state index contributed by atoms with van der Waals surface area (Å²) in [6.07, 6.45) is 0.615. The number of halogens is 1. The standard InChI is InChI=1S/C17H22FN3O3/c1-4-12-7-13(9-14(18)8-12)17(24)20(3)10-16(23)21-6-5-19(2)15(22)11-21/h7-9H,4-6,10-11H2,1-3H3. The highest BCUT2D eigenvalue weighted by molar-refractivity contribution is 5.97. The lowest BCUT2D eigenvalue weighted by Gasteiger charge is -2.33. The molecule has 130 valence electrons. The monoisotopic (exact) mass is 335 g/mol. The van der Waals surface area contributed by atoms with Crippen LogP contribution in [0.15, 0.2) is 18.2 Å². The minimum absolute atomic E-state index is 0.0251. The Labute approximate surface area is 140 Å². The number of nitrogens with zero attached hydrogens (tertiary/aromatic N) is 3. The molecule has 0 saturated carbocycles. The summed E-state index contributed by atoms with van der Waals surface area (Å²) in [5, 5.41) is 0. The maximum atomic E-state index is 13.6. The first-order valence-electron chi connectivity index (χ1n) is 7.88. The van der Waals surface area contributed by atoms with Crippen LogP contribution in [-0.2, 0) is 16.0 Å². The second kappa shape index (κ2) is 7.42. The van der Waals surface area contributed by atoms with Crippen LogP contribution in [0.1, 0.15) is 22.8 Å². The molecule has 0 atom stereocenters. The number of carbonyl (C=O) groups is 3. The van der Waals surface area contributed by atoms with Crippen LogP contribution in [0.2, 0.25) is 0 Å². The van der Waals surface area contributed by atoms with Gasteiger partial charge in [0.1, 0.15) is 5.82 Å². The van der Waals surface area contributed by atoms with Gasteiger partial charge < -0.3 is 14.7 Å². The number of hydrogen-bond acceptors (Lipinski definition) is 3. The van der Waals surface area contributed by atoms with Gasteiger partial charge >= 0.3 is 0 Å². The zero-order valence-electron chi connectivity index (χ0n) is 14.2. The van der Waals surface area contributed by atoms with Crippen LogP contribution in [0.25, 0.3) is 0 Å². The summed E-state index contributed by atoms with van der Waals surface area (Å²) in [7, 11) is 3.18. The Balaban J connectivity index is 2.02. The average molecular weight is 335 g/mol. The van der Waals surface area contributed by atoms with E-state index < -0.39 is 11.7 Å². The molecule has 0 radical (unpaired) electrons. The predicted octanol–water partition coefficient (Wildman–Crippen LogP) is 0.761. The van der Waals surface area contributed by atoms with E-state index in [1.807, 2.05) is 6.92 Å². The smallest absolute Gasteiger partial charge is 0.254 e. The predicted molar refractivity (Wildman–Crippen MR) is 87.0 cm³/mol. The number of carbonyl (C=O) groups excluding carboxylic acids is 3. The molecule has 2 rings (SSSR count). The third-order valence-corrected chi connectivity index (χ3v) is 4.14. The van der Waals surface area contributed by atoms with Gasteiger partial charge in [0.15, 0.2) is 0 Å². The van der Waals surface area contributed by atoms with Crippen LogP contribution in [0.5, 0.6) is 0 Å². The van der Waals surface area contributed by atoms with Crippen LogP contribution < -0.4 is 0 Å². The minimum atomic E-state index is -0.470. The summed E-state index contributed by atoms with van der Waals surface area (Å²) in [4.78, 5) is 40.6. The van der Waals surface area contributed by atoms with Gasteiger partial charge in [0.25, 0.3) is 5.91 Å². The first kappa shape index (κ1) is 17.9. The van der Waals surface area contributed by atoms with Crippen LogP contribution in [-0.4, -0.2) is 72.7 Å². The third kappa shape index (κ3) is 4.10. The van der Waals surface area contributed by atoms with Gasteiger partial charge in [0.2, 0.25) is 11.8 Å². The van der Waals surface area contributed by atoms with Gasteiger partial charge in [-0.3, -0.25) is 14.4 Å². The Morgan fingerprint density at radius 1 is 1.25 bits per heavy atom. The van der Waals surface area contributed by atoms with Crippen LogP contribution >= 0.6 is 0 Å². The Hall–Kier alpha value is -2.44.